The third-order valence-corrected chi connectivity index (χ3v) is 5.48. The summed E-state index contributed by atoms with van der Waals surface area (Å²) in [5, 5.41) is 4.67. The van der Waals surface area contributed by atoms with Gasteiger partial charge in [0.25, 0.3) is 0 Å². The quantitative estimate of drug-likeness (QED) is 0.824. The Balaban J connectivity index is 1.59. The minimum absolute atomic E-state index is 0.218. The summed E-state index contributed by atoms with van der Waals surface area (Å²) < 4.78 is 2.25. The number of piperidine rings is 1. The highest BCUT2D eigenvalue weighted by Gasteiger charge is 2.41. The Morgan fingerprint density at radius 1 is 1.14 bits per heavy atom. The molecule has 1 aliphatic heterocycles. The lowest BCUT2D eigenvalue weighted by molar-refractivity contribution is 0.0994. The van der Waals surface area contributed by atoms with E-state index in [1.54, 1.807) is 0 Å². The van der Waals surface area contributed by atoms with Crippen molar-refractivity contribution in [2.75, 3.05) is 19.6 Å². The van der Waals surface area contributed by atoms with Gasteiger partial charge in [0.05, 0.1) is 11.7 Å². The fourth-order valence-corrected chi connectivity index (χ4v) is 3.57. The number of rotatable bonds is 5. The Kier molecular flexibility index (Phi) is 3.89. The highest BCUT2D eigenvalue weighted by molar-refractivity contribution is 5.07. The first-order chi connectivity index (χ1) is 9.89. The average molecular weight is 289 g/mol. The van der Waals surface area contributed by atoms with Crippen LogP contribution in [0.4, 0.5) is 0 Å². The second kappa shape index (κ2) is 5.42. The first-order valence-electron chi connectivity index (χ1n) is 8.65. The van der Waals surface area contributed by atoms with Crippen LogP contribution in [-0.2, 0) is 12.0 Å². The summed E-state index contributed by atoms with van der Waals surface area (Å²) in [6.45, 7) is 13.1. The molecule has 2 heterocycles. The summed E-state index contributed by atoms with van der Waals surface area (Å²) in [6.07, 6.45) is 10.8. The monoisotopic (exact) mass is 289 g/mol. The summed E-state index contributed by atoms with van der Waals surface area (Å²) in [5.41, 5.74) is 2.25. The summed E-state index contributed by atoms with van der Waals surface area (Å²) in [4.78, 5) is 2.67. The molecule has 3 heteroatoms. The Morgan fingerprint density at radius 3 is 2.38 bits per heavy atom. The second-order valence-corrected chi connectivity index (χ2v) is 8.47. The predicted molar refractivity (Wildman–Crippen MR) is 87.4 cm³/mol. The molecule has 1 aromatic heterocycles. The number of nitrogens with zero attached hydrogens (tertiary/aromatic N) is 3. The van der Waals surface area contributed by atoms with Crippen molar-refractivity contribution >= 4 is 0 Å². The normalized spacial score (nSPS) is 24.4. The Labute approximate surface area is 129 Å². The van der Waals surface area contributed by atoms with Crippen molar-refractivity contribution in [3.63, 3.8) is 0 Å². The SMILES string of the molecule is CC(C)Cc1cnn(C2(C)CCN(CC3(C)CC3)CC2)c1. The minimum Gasteiger partial charge on any atom is -0.303 e. The van der Waals surface area contributed by atoms with Crippen LogP contribution in [0.15, 0.2) is 12.4 Å². The number of likely N-dealkylation sites (tertiary alicyclic amines) is 1. The van der Waals surface area contributed by atoms with E-state index < -0.39 is 0 Å². The number of hydrogen-bond acceptors (Lipinski definition) is 2. The third kappa shape index (κ3) is 3.50. The first-order valence-corrected chi connectivity index (χ1v) is 8.65. The molecule has 0 N–H and O–H groups in total. The van der Waals surface area contributed by atoms with Gasteiger partial charge in [0.1, 0.15) is 0 Å². The van der Waals surface area contributed by atoms with E-state index in [-0.39, 0.29) is 5.54 Å². The Morgan fingerprint density at radius 2 is 1.81 bits per heavy atom. The van der Waals surface area contributed by atoms with E-state index in [1.807, 2.05) is 0 Å². The van der Waals surface area contributed by atoms with E-state index in [1.165, 1.54) is 50.9 Å². The van der Waals surface area contributed by atoms with Gasteiger partial charge in [-0.2, -0.15) is 5.10 Å². The standard InChI is InChI=1S/C18H31N3/c1-15(2)11-16-12-19-21(13-16)18(4)7-9-20(10-8-18)14-17(3)5-6-17/h12-13,15H,5-11,14H2,1-4H3. The summed E-state index contributed by atoms with van der Waals surface area (Å²) in [7, 11) is 0. The summed E-state index contributed by atoms with van der Waals surface area (Å²) >= 11 is 0. The number of aromatic nitrogens is 2. The lowest BCUT2D eigenvalue weighted by atomic mass is 9.89. The summed E-state index contributed by atoms with van der Waals surface area (Å²) in [5.74, 6) is 0.705. The molecular formula is C18H31N3. The molecule has 0 bridgehead atoms. The van der Waals surface area contributed by atoms with Gasteiger partial charge in [-0.1, -0.05) is 20.8 Å². The maximum absolute atomic E-state index is 4.67. The highest BCUT2D eigenvalue weighted by Crippen LogP contribution is 2.46. The van der Waals surface area contributed by atoms with Gasteiger partial charge in [0.2, 0.25) is 0 Å². The zero-order valence-corrected chi connectivity index (χ0v) is 14.2. The molecule has 1 aliphatic carbocycles. The van der Waals surface area contributed by atoms with E-state index in [2.05, 4.69) is 54.8 Å². The molecule has 1 saturated heterocycles. The molecule has 2 aliphatic rings. The zero-order valence-electron chi connectivity index (χ0n) is 14.2. The van der Waals surface area contributed by atoms with E-state index in [0.717, 1.165) is 6.42 Å². The van der Waals surface area contributed by atoms with Crippen molar-refractivity contribution in [2.24, 2.45) is 11.3 Å². The molecule has 1 aromatic rings. The molecule has 118 valence electrons. The van der Waals surface area contributed by atoms with Crippen LogP contribution in [0, 0.1) is 11.3 Å². The van der Waals surface area contributed by atoms with E-state index in [4.69, 9.17) is 0 Å². The van der Waals surface area contributed by atoms with Crippen LogP contribution in [0.25, 0.3) is 0 Å². The number of hydrogen-bond donors (Lipinski definition) is 0. The maximum atomic E-state index is 4.67. The zero-order chi connectivity index (χ0) is 15.1. The molecule has 0 atom stereocenters. The Bertz CT molecular complexity index is 476. The van der Waals surface area contributed by atoms with Crippen LogP contribution in [0.2, 0.25) is 0 Å². The molecule has 1 saturated carbocycles. The molecule has 21 heavy (non-hydrogen) atoms. The molecule has 0 amide bonds. The maximum Gasteiger partial charge on any atom is 0.0624 e. The van der Waals surface area contributed by atoms with Crippen LogP contribution >= 0.6 is 0 Å². The Hall–Kier alpha value is -0.830. The van der Waals surface area contributed by atoms with Crippen molar-refractivity contribution in [1.82, 2.24) is 14.7 Å². The van der Waals surface area contributed by atoms with Gasteiger partial charge in [-0.3, -0.25) is 4.68 Å². The molecular weight excluding hydrogens is 258 g/mol. The van der Waals surface area contributed by atoms with Gasteiger partial charge < -0.3 is 4.90 Å². The highest BCUT2D eigenvalue weighted by atomic mass is 15.3. The fourth-order valence-electron chi connectivity index (χ4n) is 3.57. The predicted octanol–water partition coefficient (Wildman–Crippen LogP) is 3.69. The molecule has 3 rings (SSSR count). The minimum atomic E-state index is 0.218. The lowest BCUT2D eigenvalue weighted by Crippen LogP contribution is -2.46. The lowest BCUT2D eigenvalue weighted by Gasteiger charge is -2.40. The van der Waals surface area contributed by atoms with Crippen molar-refractivity contribution in [2.45, 2.75) is 65.3 Å². The topological polar surface area (TPSA) is 21.1 Å². The first kappa shape index (κ1) is 15.1. The molecule has 0 unspecified atom stereocenters. The largest absolute Gasteiger partial charge is 0.303 e. The van der Waals surface area contributed by atoms with Gasteiger partial charge in [0, 0.05) is 25.8 Å². The van der Waals surface area contributed by atoms with Crippen molar-refractivity contribution in [3.05, 3.63) is 18.0 Å². The van der Waals surface area contributed by atoms with Crippen LogP contribution in [0.1, 0.15) is 58.9 Å². The van der Waals surface area contributed by atoms with Gasteiger partial charge in [-0.05, 0) is 55.9 Å². The molecule has 0 spiro atoms. The van der Waals surface area contributed by atoms with Crippen molar-refractivity contribution < 1.29 is 0 Å². The third-order valence-electron chi connectivity index (χ3n) is 5.48. The van der Waals surface area contributed by atoms with Crippen LogP contribution in [-0.4, -0.2) is 34.3 Å². The summed E-state index contributed by atoms with van der Waals surface area (Å²) in [6, 6.07) is 0. The van der Waals surface area contributed by atoms with Gasteiger partial charge in [-0.25, -0.2) is 0 Å². The van der Waals surface area contributed by atoms with Gasteiger partial charge in [-0.15, -0.1) is 0 Å². The van der Waals surface area contributed by atoms with Crippen LogP contribution in [0.5, 0.6) is 0 Å². The van der Waals surface area contributed by atoms with Crippen LogP contribution < -0.4 is 0 Å². The smallest absolute Gasteiger partial charge is 0.0624 e. The van der Waals surface area contributed by atoms with Crippen molar-refractivity contribution in [3.8, 4) is 0 Å². The fraction of sp³-hybridized carbons (Fsp3) is 0.833. The van der Waals surface area contributed by atoms with Crippen LogP contribution in [0.3, 0.4) is 0 Å². The van der Waals surface area contributed by atoms with Gasteiger partial charge >= 0.3 is 0 Å². The van der Waals surface area contributed by atoms with Crippen molar-refractivity contribution in [1.29, 1.82) is 0 Å². The average Bonchev–Trinajstić information content (AvgIpc) is 2.95. The second-order valence-electron chi connectivity index (χ2n) is 8.47. The van der Waals surface area contributed by atoms with Gasteiger partial charge in [0.15, 0.2) is 0 Å². The molecule has 3 nitrogen and oxygen atoms in total. The van der Waals surface area contributed by atoms with E-state index in [0.29, 0.717) is 11.3 Å². The van der Waals surface area contributed by atoms with E-state index in [9.17, 15) is 0 Å². The molecule has 0 aromatic carbocycles. The van der Waals surface area contributed by atoms with E-state index >= 15 is 0 Å². The molecule has 2 fully saturated rings. The molecule has 0 radical (unpaired) electrons.